The molecule has 20 heavy (non-hydrogen) atoms. The first-order chi connectivity index (χ1) is 9.49. The van der Waals surface area contributed by atoms with E-state index in [1.54, 1.807) is 0 Å². The zero-order valence-electron chi connectivity index (χ0n) is 11.2. The second-order valence-electron chi connectivity index (χ2n) is 4.21. The van der Waals surface area contributed by atoms with Crippen LogP contribution in [0.15, 0.2) is 42.2 Å². The lowest BCUT2D eigenvalue weighted by atomic mass is 10.2. The van der Waals surface area contributed by atoms with Gasteiger partial charge in [-0.15, -0.1) is 0 Å². The maximum atomic E-state index is 9.10. The molecule has 0 aliphatic carbocycles. The van der Waals surface area contributed by atoms with Crippen molar-refractivity contribution >= 4 is 11.9 Å². The van der Waals surface area contributed by atoms with Crippen molar-refractivity contribution in [3.8, 4) is 5.75 Å². The molecule has 2 rings (SSSR count). The van der Waals surface area contributed by atoms with Crippen molar-refractivity contribution in [1.29, 1.82) is 0 Å². The molecular formula is C14H17NO5. The second-order valence-corrected chi connectivity index (χ2v) is 4.21. The van der Waals surface area contributed by atoms with Gasteiger partial charge >= 0.3 is 11.9 Å². The van der Waals surface area contributed by atoms with Crippen LogP contribution in [0.1, 0.15) is 6.42 Å². The van der Waals surface area contributed by atoms with Gasteiger partial charge in [0, 0.05) is 19.5 Å². The highest BCUT2D eigenvalue weighted by molar-refractivity contribution is 6.27. The summed E-state index contributed by atoms with van der Waals surface area (Å²) in [5.41, 5.74) is 0. The number of hydrogen-bond donors (Lipinski definition) is 2. The topological polar surface area (TPSA) is 87.1 Å². The maximum absolute atomic E-state index is 9.10. The largest absolute Gasteiger partial charge is 0.473 e. The summed E-state index contributed by atoms with van der Waals surface area (Å²) < 4.78 is 5.74. The number of hydrogen-bond acceptors (Lipinski definition) is 4. The number of nitrogens with zero attached hydrogens (tertiary/aromatic N) is 1. The maximum Gasteiger partial charge on any atom is 0.414 e. The van der Waals surface area contributed by atoms with Crippen LogP contribution in [0.25, 0.3) is 0 Å². The minimum Gasteiger partial charge on any atom is -0.473 e. The quantitative estimate of drug-likeness (QED) is 0.797. The van der Waals surface area contributed by atoms with E-state index in [4.69, 9.17) is 24.5 Å². The molecule has 0 radical (unpaired) electrons. The predicted molar refractivity (Wildman–Crippen MR) is 72.5 cm³/mol. The molecule has 0 atom stereocenters. The summed E-state index contributed by atoms with van der Waals surface area (Å²) >= 11 is 0. The van der Waals surface area contributed by atoms with Crippen LogP contribution < -0.4 is 4.74 Å². The van der Waals surface area contributed by atoms with Gasteiger partial charge < -0.3 is 19.8 Å². The number of carboxylic acid groups (broad SMARTS) is 2. The highest BCUT2D eigenvalue weighted by Gasteiger charge is 2.08. The molecule has 2 N–H and O–H groups in total. The van der Waals surface area contributed by atoms with Gasteiger partial charge in [-0.05, 0) is 25.3 Å². The van der Waals surface area contributed by atoms with Crippen molar-refractivity contribution in [2.24, 2.45) is 0 Å². The SMILES string of the molecule is CN1CC=C(Oc2ccccc2)CC1.O=C(O)C(=O)O. The number of para-hydroxylation sites is 1. The minimum absolute atomic E-state index is 0.934. The van der Waals surface area contributed by atoms with Crippen molar-refractivity contribution < 1.29 is 24.5 Å². The molecule has 0 saturated carbocycles. The van der Waals surface area contributed by atoms with E-state index in [1.165, 1.54) is 0 Å². The van der Waals surface area contributed by atoms with E-state index in [9.17, 15) is 0 Å². The first kappa shape index (κ1) is 15.7. The van der Waals surface area contributed by atoms with Crippen LogP contribution in [0.3, 0.4) is 0 Å². The van der Waals surface area contributed by atoms with Crippen molar-refractivity contribution in [3.63, 3.8) is 0 Å². The summed E-state index contributed by atoms with van der Waals surface area (Å²) in [6.07, 6.45) is 3.15. The van der Waals surface area contributed by atoms with Crippen molar-refractivity contribution in [3.05, 3.63) is 42.2 Å². The fourth-order valence-corrected chi connectivity index (χ4v) is 1.48. The van der Waals surface area contributed by atoms with Crippen molar-refractivity contribution in [2.45, 2.75) is 6.42 Å². The molecule has 1 aliphatic rings. The zero-order valence-corrected chi connectivity index (χ0v) is 11.2. The van der Waals surface area contributed by atoms with Crippen LogP contribution in [0, 0.1) is 0 Å². The molecule has 6 heteroatoms. The normalized spacial score (nSPS) is 14.6. The number of carboxylic acids is 2. The Morgan fingerprint density at radius 2 is 1.75 bits per heavy atom. The summed E-state index contributed by atoms with van der Waals surface area (Å²) in [6, 6.07) is 9.95. The third-order valence-electron chi connectivity index (χ3n) is 2.55. The molecule has 1 aliphatic heterocycles. The molecular weight excluding hydrogens is 262 g/mol. The number of likely N-dealkylation sites (N-methyl/N-ethyl adjacent to an activating group) is 1. The molecule has 0 fully saturated rings. The Morgan fingerprint density at radius 3 is 2.20 bits per heavy atom. The zero-order chi connectivity index (χ0) is 15.0. The van der Waals surface area contributed by atoms with Gasteiger partial charge in [0.1, 0.15) is 11.5 Å². The molecule has 1 aromatic rings. The van der Waals surface area contributed by atoms with Crippen molar-refractivity contribution in [1.82, 2.24) is 4.90 Å². The lowest BCUT2D eigenvalue weighted by molar-refractivity contribution is -0.159. The monoisotopic (exact) mass is 279 g/mol. The van der Waals surface area contributed by atoms with Crippen LogP contribution in [0.5, 0.6) is 5.75 Å². The van der Waals surface area contributed by atoms with Gasteiger partial charge in [-0.1, -0.05) is 18.2 Å². The smallest absolute Gasteiger partial charge is 0.414 e. The van der Waals surface area contributed by atoms with Gasteiger partial charge in [-0.3, -0.25) is 0 Å². The van der Waals surface area contributed by atoms with Crippen molar-refractivity contribution in [2.75, 3.05) is 20.1 Å². The van der Waals surface area contributed by atoms with Crippen LogP contribution in [-0.2, 0) is 9.59 Å². The Hall–Kier alpha value is -2.34. The van der Waals surface area contributed by atoms with E-state index in [-0.39, 0.29) is 0 Å². The lowest BCUT2D eigenvalue weighted by Gasteiger charge is -2.21. The molecule has 6 nitrogen and oxygen atoms in total. The Morgan fingerprint density at radius 1 is 1.15 bits per heavy atom. The Kier molecular flexibility index (Phi) is 6.25. The number of aliphatic carboxylic acids is 2. The first-order valence-corrected chi connectivity index (χ1v) is 6.05. The third-order valence-corrected chi connectivity index (χ3v) is 2.55. The minimum atomic E-state index is -1.82. The van der Waals surface area contributed by atoms with E-state index >= 15 is 0 Å². The van der Waals surface area contributed by atoms with Gasteiger partial charge in [0.05, 0.1) is 0 Å². The number of ether oxygens (including phenoxy) is 1. The molecule has 0 unspecified atom stereocenters. The molecule has 1 aromatic carbocycles. The predicted octanol–water partition coefficient (Wildman–Crippen LogP) is 1.44. The summed E-state index contributed by atoms with van der Waals surface area (Å²) in [4.78, 5) is 20.5. The molecule has 108 valence electrons. The number of rotatable bonds is 2. The first-order valence-electron chi connectivity index (χ1n) is 6.05. The molecule has 0 spiro atoms. The fourth-order valence-electron chi connectivity index (χ4n) is 1.48. The summed E-state index contributed by atoms with van der Waals surface area (Å²) in [5.74, 6) is -1.62. The van der Waals surface area contributed by atoms with Gasteiger partial charge in [-0.2, -0.15) is 0 Å². The molecule has 0 bridgehead atoms. The highest BCUT2D eigenvalue weighted by atomic mass is 16.5. The number of benzene rings is 1. The van der Waals surface area contributed by atoms with Gasteiger partial charge in [-0.25, -0.2) is 9.59 Å². The third kappa shape index (κ3) is 6.01. The van der Waals surface area contributed by atoms with Crippen LogP contribution in [-0.4, -0.2) is 47.2 Å². The van der Waals surface area contributed by atoms with Gasteiger partial charge in [0.2, 0.25) is 0 Å². The molecule has 0 aromatic heterocycles. The van der Waals surface area contributed by atoms with Crippen LogP contribution >= 0.6 is 0 Å². The molecule has 0 amide bonds. The van der Waals surface area contributed by atoms with E-state index < -0.39 is 11.9 Å². The van der Waals surface area contributed by atoms with Gasteiger partial charge in [0.15, 0.2) is 0 Å². The Labute approximate surface area is 116 Å². The lowest BCUT2D eigenvalue weighted by Crippen LogP contribution is -2.25. The molecule has 1 heterocycles. The van der Waals surface area contributed by atoms with Crippen LogP contribution in [0.4, 0.5) is 0 Å². The van der Waals surface area contributed by atoms with Gasteiger partial charge in [0.25, 0.3) is 0 Å². The number of carbonyl (C=O) groups is 2. The molecule has 0 saturated heterocycles. The summed E-state index contributed by atoms with van der Waals surface area (Å²) in [5, 5.41) is 14.8. The summed E-state index contributed by atoms with van der Waals surface area (Å²) in [6.45, 7) is 2.07. The van der Waals surface area contributed by atoms with E-state index in [0.717, 1.165) is 31.0 Å². The Bertz CT molecular complexity index is 472. The standard InChI is InChI=1S/C12H15NO.C2H2O4/c1-13-9-7-12(8-10-13)14-11-5-3-2-4-6-11;3-1(4)2(5)6/h2-7H,8-10H2,1H3;(H,3,4)(H,5,6). The highest BCUT2D eigenvalue weighted by Crippen LogP contribution is 2.16. The van der Waals surface area contributed by atoms with Crippen LogP contribution in [0.2, 0.25) is 0 Å². The van der Waals surface area contributed by atoms with E-state index in [0.29, 0.717) is 0 Å². The second kappa shape index (κ2) is 7.96. The van der Waals surface area contributed by atoms with E-state index in [2.05, 4.69) is 18.0 Å². The summed E-state index contributed by atoms with van der Waals surface area (Å²) in [7, 11) is 2.12. The van der Waals surface area contributed by atoms with E-state index in [1.807, 2.05) is 30.3 Å². The Balaban J connectivity index is 0.000000286. The average Bonchev–Trinajstić information content (AvgIpc) is 2.43. The fraction of sp³-hybridized carbons (Fsp3) is 0.286. The average molecular weight is 279 g/mol.